The standard InChI is InChI=1S/C12H16F2N2O3/c1-2-18-12(17)16-10(7-15)8-3-5-9(6-4-8)19-11(13)14/h3-6,10-11H,2,7,15H2,1H3,(H,16,17). The van der Waals surface area contributed by atoms with E-state index in [-0.39, 0.29) is 18.9 Å². The van der Waals surface area contributed by atoms with E-state index in [0.717, 1.165) is 0 Å². The molecular formula is C12H16F2N2O3. The first-order valence-electron chi connectivity index (χ1n) is 5.75. The molecule has 0 aliphatic carbocycles. The van der Waals surface area contributed by atoms with Gasteiger partial charge in [-0.05, 0) is 24.6 Å². The number of carbonyl (C=O) groups is 1. The number of benzene rings is 1. The Morgan fingerprint density at radius 3 is 2.47 bits per heavy atom. The lowest BCUT2D eigenvalue weighted by Crippen LogP contribution is -2.33. The highest BCUT2D eigenvalue weighted by Crippen LogP contribution is 2.19. The summed E-state index contributed by atoms with van der Waals surface area (Å²) in [7, 11) is 0. The van der Waals surface area contributed by atoms with E-state index in [4.69, 9.17) is 10.5 Å². The zero-order chi connectivity index (χ0) is 14.3. The first-order chi connectivity index (χ1) is 9.06. The summed E-state index contributed by atoms with van der Waals surface area (Å²) in [6, 6.07) is 5.44. The number of halogens is 2. The van der Waals surface area contributed by atoms with E-state index in [1.807, 2.05) is 0 Å². The van der Waals surface area contributed by atoms with Crippen molar-refractivity contribution in [2.24, 2.45) is 5.73 Å². The molecular weight excluding hydrogens is 258 g/mol. The van der Waals surface area contributed by atoms with Crippen molar-refractivity contribution in [1.29, 1.82) is 0 Å². The molecule has 7 heteroatoms. The quantitative estimate of drug-likeness (QED) is 0.832. The van der Waals surface area contributed by atoms with Crippen molar-refractivity contribution in [3.05, 3.63) is 29.8 Å². The van der Waals surface area contributed by atoms with Crippen molar-refractivity contribution in [2.75, 3.05) is 13.2 Å². The van der Waals surface area contributed by atoms with Gasteiger partial charge in [-0.2, -0.15) is 8.78 Å². The van der Waals surface area contributed by atoms with Gasteiger partial charge in [-0.1, -0.05) is 12.1 Å². The van der Waals surface area contributed by atoms with E-state index in [1.54, 1.807) is 19.1 Å². The molecule has 106 valence electrons. The van der Waals surface area contributed by atoms with Gasteiger partial charge in [0.2, 0.25) is 0 Å². The number of nitrogens with two attached hydrogens (primary N) is 1. The second-order valence-corrected chi connectivity index (χ2v) is 3.60. The molecule has 1 unspecified atom stereocenters. The monoisotopic (exact) mass is 274 g/mol. The fourth-order valence-corrected chi connectivity index (χ4v) is 1.47. The molecule has 0 aromatic heterocycles. The van der Waals surface area contributed by atoms with Crippen molar-refractivity contribution in [2.45, 2.75) is 19.6 Å². The zero-order valence-corrected chi connectivity index (χ0v) is 10.4. The third kappa shape index (κ3) is 5.09. The first-order valence-corrected chi connectivity index (χ1v) is 5.75. The number of rotatable bonds is 6. The van der Waals surface area contributed by atoms with Gasteiger partial charge in [0, 0.05) is 6.54 Å². The van der Waals surface area contributed by atoms with Gasteiger partial charge < -0.3 is 20.5 Å². The average Bonchev–Trinajstić information content (AvgIpc) is 2.37. The highest BCUT2D eigenvalue weighted by molar-refractivity contribution is 5.67. The topological polar surface area (TPSA) is 73.6 Å². The fourth-order valence-electron chi connectivity index (χ4n) is 1.47. The van der Waals surface area contributed by atoms with Crippen LogP contribution in [0.2, 0.25) is 0 Å². The predicted octanol–water partition coefficient (Wildman–Crippen LogP) is 2.03. The molecule has 3 N–H and O–H groups in total. The summed E-state index contributed by atoms with van der Waals surface area (Å²) in [6.07, 6.45) is -0.578. The average molecular weight is 274 g/mol. The molecule has 1 rings (SSSR count). The van der Waals surface area contributed by atoms with Gasteiger partial charge in [0.25, 0.3) is 0 Å². The Labute approximate surface area is 109 Å². The maximum absolute atomic E-state index is 12.0. The lowest BCUT2D eigenvalue weighted by Gasteiger charge is -2.17. The Bertz CT molecular complexity index is 398. The molecule has 0 heterocycles. The van der Waals surface area contributed by atoms with Crippen LogP contribution in [0.4, 0.5) is 13.6 Å². The number of alkyl halides is 2. The molecule has 0 spiro atoms. The van der Waals surface area contributed by atoms with E-state index in [1.165, 1.54) is 12.1 Å². The molecule has 1 aromatic rings. The van der Waals surface area contributed by atoms with E-state index in [2.05, 4.69) is 10.1 Å². The van der Waals surface area contributed by atoms with Crippen LogP contribution in [0.25, 0.3) is 0 Å². The van der Waals surface area contributed by atoms with Gasteiger partial charge in [0.1, 0.15) is 5.75 Å². The molecule has 0 radical (unpaired) electrons. The minimum atomic E-state index is -2.87. The van der Waals surface area contributed by atoms with Gasteiger partial charge in [0.05, 0.1) is 12.6 Å². The lowest BCUT2D eigenvalue weighted by molar-refractivity contribution is -0.0498. The number of nitrogens with one attached hydrogen (secondary N) is 1. The van der Waals surface area contributed by atoms with Crippen LogP contribution in [0.5, 0.6) is 5.75 Å². The maximum Gasteiger partial charge on any atom is 0.407 e. The Balaban J connectivity index is 2.68. The van der Waals surface area contributed by atoms with E-state index in [0.29, 0.717) is 5.56 Å². The Kier molecular flexibility index (Phi) is 6.01. The number of hydrogen-bond donors (Lipinski definition) is 2. The summed E-state index contributed by atoms with van der Waals surface area (Å²) < 4.78 is 32.9. The second-order valence-electron chi connectivity index (χ2n) is 3.60. The predicted molar refractivity (Wildman–Crippen MR) is 65.0 cm³/mol. The Morgan fingerprint density at radius 2 is 2.00 bits per heavy atom. The largest absolute Gasteiger partial charge is 0.450 e. The highest BCUT2D eigenvalue weighted by Gasteiger charge is 2.14. The molecule has 0 aliphatic heterocycles. The Morgan fingerprint density at radius 1 is 1.37 bits per heavy atom. The molecule has 0 aliphatic rings. The van der Waals surface area contributed by atoms with Gasteiger partial charge in [-0.3, -0.25) is 0 Å². The van der Waals surface area contributed by atoms with Crippen LogP contribution in [0, 0.1) is 0 Å². The van der Waals surface area contributed by atoms with Crippen LogP contribution in [0.15, 0.2) is 24.3 Å². The molecule has 1 aromatic carbocycles. The van der Waals surface area contributed by atoms with Crippen LogP contribution in [-0.2, 0) is 4.74 Å². The molecule has 0 fully saturated rings. The molecule has 0 saturated carbocycles. The molecule has 5 nitrogen and oxygen atoms in total. The minimum Gasteiger partial charge on any atom is -0.450 e. The van der Waals surface area contributed by atoms with Crippen molar-refractivity contribution in [1.82, 2.24) is 5.32 Å². The van der Waals surface area contributed by atoms with Crippen molar-refractivity contribution in [3.8, 4) is 5.75 Å². The third-order valence-corrected chi connectivity index (χ3v) is 2.31. The molecule has 0 bridgehead atoms. The number of ether oxygens (including phenoxy) is 2. The van der Waals surface area contributed by atoms with Crippen molar-refractivity contribution >= 4 is 6.09 Å². The molecule has 19 heavy (non-hydrogen) atoms. The van der Waals surface area contributed by atoms with Gasteiger partial charge >= 0.3 is 12.7 Å². The molecule has 1 amide bonds. The fraction of sp³-hybridized carbons (Fsp3) is 0.417. The molecule has 0 saturated heterocycles. The maximum atomic E-state index is 12.0. The van der Waals surface area contributed by atoms with E-state index >= 15 is 0 Å². The SMILES string of the molecule is CCOC(=O)NC(CN)c1ccc(OC(F)F)cc1. The molecule has 1 atom stereocenters. The first kappa shape index (κ1) is 15.2. The van der Waals surface area contributed by atoms with Crippen molar-refractivity contribution < 1.29 is 23.0 Å². The van der Waals surface area contributed by atoms with Crippen LogP contribution in [0.3, 0.4) is 0 Å². The van der Waals surface area contributed by atoms with Gasteiger partial charge in [-0.15, -0.1) is 0 Å². The van der Waals surface area contributed by atoms with E-state index in [9.17, 15) is 13.6 Å². The number of amides is 1. The summed E-state index contributed by atoms with van der Waals surface area (Å²) in [6.45, 7) is -0.764. The smallest absolute Gasteiger partial charge is 0.407 e. The lowest BCUT2D eigenvalue weighted by atomic mass is 10.1. The van der Waals surface area contributed by atoms with Crippen molar-refractivity contribution in [3.63, 3.8) is 0 Å². The van der Waals surface area contributed by atoms with Crippen LogP contribution >= 0.6 is 0 Å². The second kappa shape index (κ2) is 7.52. The summed E-state index contributed by atoms with van der Waals surface area (Å²) in [5, 5.41) is 2.57. The summed E-state index contributed by atoms with van der Waals surface area (Å²) in [5.41, 5.74) is 6.22. The number of carbonyl (C=O) groups excluding carboxylic acids is 1. The van der Waals surface area contributed by atoms with Crippen LogP contribution < -0.4 is 15.8 Å². The summed E-state index contributed by atoms with van der Waals surface area (Å²) in [5.74, 6) is 0.0469. The summed E-state index contributed by atoms with van der Waals surface area (Å²) >= 11 is 0. The number of alkyl carbamates (subject to hydrolysis) is 1. The summed E-state index contributed by atoms with van der Waals surface area (Å²) in [4.78, 5) is 11.3. The zero-order valence-electron chi connectivity index (χ0n) is 10.4. The Hall–Kier alpha value is -1.89. The van der Waals surface area contributed by atoms with E-state index < -0.39 is 18.7 Å². The van der Waals surface area contributed by atoms with Gasteiger partial charge in [-0.25, -0.2) is 4.79 Å². The van der Waals surface area contributed by atoms with Crippen LogP contribution in [-0.4, -0.2) is 25.9 Å². The normalized spacial score (nSPS) is 12.1. The number of hydrogen-bond acceptors (Lipinski definition) is 4. The highest BCUT2D eigenvalue weighted by atomic mass is 19.3. The van der Waals surface area contributed by atoms with Crippen LogP contribution in [0.1, 0.15) is 18.5 Å². The van der Waals surface area contributed by atoms with Gasteiger partial charge in [0.15, 0.2) is 0 Å². The minimum absolute atomic E-state index is 0.0469. The third-order valence-electron chi connectivity index (χ3n) is 2.31.